The molecule has 0 saturated heterocycles. The highest BCUT2D eigenvalue weighted by atomic mass is 14.5. The van der Waals surface area contributed by atoms with Crippen LogP contribution in [0.3, 0.4) is 0 Å². The molecule has 0 aliphatic rings. The molecule has 0 bridgehead atoms. The Hall–Kier alpha value is -0.395. The molecule has 0 aromatic rings. The van der Waals surface area contributed by atoms with Gasteiger partial charge < -0.3 is 5.73 Å². The first-order chi connectivity index (χ1) is 2.27. The van der Waals surface area contributed by atoms with Crippen LogP contribution in [0.4, 0.5) is 0 Å². The van der Waals surface area contributed by atoms with Gasteiger partial charge in [-0.05, 0) is 6.20 Å². The summed E-state index contributed by atoms with van der Waals surface area (Å²) < 4.78 is 0. The van der Waals surface area contributed by atoms with Crippen LogP contribution < -0.4 is 5.73 Å². The number of hydrogen-bond acceptors (Lipinski definition) is 1. The lowest BCUT2D eigenvalue weighted by atomic mass is 10.0. The average Bonchev–Trinajstić information content (AvgIpc) is 1.38. The third kappa shape index (κ3) is 3.60. The molecule has 0 aliphatic heterocycles. The van der Waals surface area contributed by atoms with E-state index in [2.05, 4.69) is 0 Å². The lowest BCUT2D eigenvalue weighted by Crippen LogP contribution is -1.80. The van der Waals surface area contributed by atoms with Crippen molar-refractivity contribution < 1.29 is 0 Å². The van der Waals surface area contributed by atoms with Gasteiger partial charge in [0.15, 0.2) is 0 Å². The van der Waals surface area contributed by atoms with E-state index in [4.69, 9.17) is 13.6 Å². The van der Waals surface area contributed by atoms with Crippen LogP contribution in [0.2, 0.25) is 0 Å². The van der Waals surface area contributed by atoms with E-state index in [1.807, 2.05) is 0 Å². The molecule has 2 heteroatoms. The highest BCUT2D eigenvalue weighted by Crippen LogP contribution is 1.70. The maximum absolute atomic E-state index is 5.03. The highest BCUT2D eigenvalue weighted by Gasteiger charge is 1.61. The standard InChI is InChI=1S/C3H6BN/c1-3(4)2-5/h2H,5H2,1H3/b3-2-. The predicted molar refractivity (Wildman–Crippen MR) is 23.7 cm³/mol. The molecule has 0 saturated carbocycles. The van der Waals surface area contributed by atoms with Crippen LogP contribution >= 0.6 is 0 Å². The molecule has 0 spiro atoms. The molecule has 5 heavy (non-hydrogen) atoms. The van der Waals surface area contributed by atoms with E-state index in [0.29, 0.717) is 5.47 Å². The Morgan fingerprint density at radius 1 is 2.00 bits per heavy atom. The maximum atomic E-state index is 5.03. The Bertz CT molecular complexity index is 44.9. The highest BCUT2D eigenvalue weighted by molar-refractivity contribution is 6.21. The molecule has 0 rings (SSSR count). The molecule has 0 heterocycles. The minimum atomic E-state index is 0.657. The van der Waals surface area contributed by atoms with Gasteiger partial charge in [-0.1, -0.05) is 6.92 Å². The van der Waals surface area contributed by atoms with Crippen LogP contribution in [0, 0.1) is 0 Å². The maximum Gasteiger partial charge on any atom is 0.109 e. The Labute approximate surface area is 33.3 Å². The van der Waals surface area contributed by atoms with Crippen molar-refractivity contribution >= 4 is 7.85 Å². The second kappa shape index (κ2) is 1.88. The predicted octanol–water partition coefficient (Wildman–Crippen LogP) is -0.0251. The Morgan fingerprint density at radius 2 is 2.20 bits per heavy atom. The number of rotatable bonds is 0. The van der Waals surface area contributed by atoms with Crippen molar-refractivity contribution in [3.8, 4) is 0 Å². The van der Waals surface area contributed by atoms with Crippen molar-refractivity contribution in [3.05, 3.63) is 11.7 Å². The molecule has 0 amide bonds. The first kappa shape index (κ1) is 4.60. The minimum Gasteiger partial charge on any atom is -0.405 e. The molecule has 0 aromatic heterocycles. The zero-order valence-corrected chi connectivity index (χ0v) is 3.23. The number of nitrogens with two attached hydrogens (primary N) is 1. The van der Waals surface area contributed by atoms with E-state index in [1.54, 1.807) is 6.92 Å². The molecular formula is C3H6BN. The van der Waals surface area contributed by atoms with Crippen molar-refractivity contribution in [2.24, 2.45) is 5.73 Å². The summed E-state index contributed by atoms with van der Waals surface area (Å²) in [6.45, 7) is 1.74. The molecule has 0 aromatic carbocycles. The summed E-state index contributed by atoms with van der Waals surface area (Å²) in [6.07, 6.45) is 1.36. The van der Waals surface area contributed by atoms with Gasteiger partial charge in [0.05, 0.1) is 0 Å². The van der Waals surface area contributed by atoms with Crippen LogP contribution in [0.15, 0.2) is 11.7 Å². The third-order valence-electron chi connectivity index (χ3n) is 0.263. The van der Waals surface area contributed by atoms with Crippen LogP contribution in [0.1, 0.15) is 6.92 Å². The lowest BCUT2D eigenvalue weighted by Gasteiger charge is -1.74. The molecule has 1 nitrogen and oxygen atoms in total. The smallest absolute Gasteiger partial charge is 0.109 e. The summed E-state index contributed by atoms with van der Waals surface area (Å²) in [5.41, 5.74) is 5.54. The van der Waals surface area contributed by atoms with Gasteiger partial charge in [-0.3, -0.25) is 0 Å². The van der Waals surface area contributed by atoms with Crippen molar-refractivity contribution in [1.82, 2.24) is 0 Å². The fourth-order valence-electron chi connectivity index (χ4n) is 0. The number of hydrogen-bond donors (Lipinski definition) is 1. The van der Waals surface area contributed by atoms with Gasteiger partial charge >= 0.3 is 0 Å². The summed E-state index contributed by atoms with van der Waals surface area (Å²) in [4.78, 5) is 0. The summed E-state index contributed by atoms with van der Waals surface area (Å²) in [5.74, 6) is 0. The Kier molecular flexibility index (Phi) is 1.73. The van der Waals surface area contributed by atoms with Crippen LogP contribution in [0.5, 0.6) is 0 Å². The molecule has 26 valence electrons. The topological polar surface area (TPSA) is 26.0 Å². The largest absolute Gasteiger partial charge is 0.405 e. The van der Waals surface area contributed by atoms with E-state index in [-0.39, 0.29) is 0 Å². The average molecular weight is 66.9 g/mol. The van der Waals surface area contributed by atoms with Gasteiger partial charge in [0.25, 0.3) is 0 Å². The molecule has 0 unspecified atom stereocenters. The summed E-state index contributed by atoms with van der Waals surface area (Å²) in [5, 5.41) is 0. The zero-order valence-electron chi connectivity index (χ0n) is 3.23. The van der Waals surface area contributed by atoms with Crippen LogP contribution in [-0.4, -0.2) is 7.85 Å². The quantitative estimate of drug-likeness (QED) is 0.395. The first-order valence-electron chi connectivity index (χ1n) is 1.41. The van der Waals surface area contributed by atoms with Crippen molar-refractivity contribution in [2.45, 2.75) is 6.92 Å². The van der Waals surface area contributed by atoms with Gasteiger partial charge in [-0.2, -0.15) is 0 Å². The monoisotopic (exact) mass is 67.1 g/mol. The van der Waals surface area contributed by atoms with Crippen LogP contribution in [0.25, 0.3) is 0 Å². The fourth-order valence-corrected chi connectivity index (χ4v) is 0. The SMILES string of the molecule is [B]/C(C)=C\N. The zero-order chi connectivity index (χ0) is 4.28. The van der Waals surface area contributed by atoms with E-state index in [1.165, 1.54) is 6.20 Å². The second-order valence-electron chi connectivity index (χ2n) is 0.911. The number of allylic oxidation sites excluding steroid dienone is 1. The fraction of sp³-hybridized carbons (Fsp3) is 0.333. The summed E-state index contributed by atoms with van der Waals surface area (Å²) in [6, 6.07) is 0. The molecule has 2 radical (unpaired) electrons. The first-order valence-corrected chi connectivity index (χ1v) is 1.41. The van der Waals surface area contributed by atoms with Gasteiger partial charge in [0, 0.05) is 0 Å². The third-order valence-corrected chi connectivity index (χ3v) is 0.263. The van der Waals surface area contributed by atoms with Gasteiger partial charge in [0.2, 0.25) is 0 Å². The molecule has 0 fully saturated rings. The Balaban J connectivity index is 3.14. The Morgan fingerprint density at radius 3 is 2.20 bits per heavy atom. The molecular weight excluding hydrogens is 60.9 g/mol. The second-order valence-corrected chi connectivity index (χ2v) is 0.911. The molecule has 0 aliphatic carbocycles. The van der Waals surface area contributed by atoms with E-state index in [9.17, 15) is 0 Å². The van der Waals surface area contributed by atoms with E-state index in [0.717, 1.165) is 0 Å². The van der Waals surface area contributed by atoms with Crippen molar-refractivity contribution in [1.29, 1.82) is 0 Å². The van der Waals surface area contributed by atoms with Gasteiger partial charge in [-0.25, -0.2) is 0 Å². The minimum absolute atomic E-state index is 0.657. The summed E-state index contributed by atoms with van der Waals surface area (Å²) >= 11 is 0. The van der Waals surface area contributed by atoms with E-state index < -0.39 is 0 Å². The summed E-state index contributed by atoms with van der Waals surface area (Å²) in [7, 11) is 5.03. The van der Waals surface area contributed by atoms with E-state index >= 15 is 0 Å². The molecule has 0 atom stereocenters. The molecule has 2 N–H and O–H groups in total. The van der Waals surface area contributed by atoms with Gasteiger partial charge in [0.1, 0.15) is 7.85 Å². The van der Waals surface area contributed by atoms with Crippen molar-refractivity contribution in [2.75, 3.05) is 0 Å². The lowest BCUT2D eigenvalue weighted by molar-refractivity contribution is 1.51. The van der Waals surface area contributed by atoms with Gasteiger partial charge in [-0.15, -0.1) is 5.47 Å². The van der Waals surface area contributed by atoms with Crippen LogP contribution in [-0.2, 0) is 0 Å². The van der Waals surface area contributed by atoms with Crippen molar-refractivity contribution in [3.63, 3.8) is 0 Å². The normalized spacial score (nSPS) is 11.8.